The van der Waals surface area contributed by atoms with Crippen LogP contribution in [0, 0.1) is 0 Å². The third kappa shape index (κ3) is 4.03. The topological polar surface area (TPSA) is 104 Å². The van der Waals surface area contributed by atoms with Gasteiger partial charge in [0.05, 0.1) is 5.54 Å². The summed E-state index contributed by atoms with van der Waals surface area (Å²) in [5.41, 5.74) is 3.91. The lowest BCUT2D eigenvalue weighted by Gasteiger charge is -2.37. The van der Waals surface area contributed by atoms with Crippen LogP contribution in [0.3, 0.4) is 0 Å². The molecule has 10 nitrogen and oxygen atoms in total. The van der Waals surface area contributed by atoms with Crippen LogP contribution in [0.5, 0.6) is 0 Å². The molecule has 1 aromatic carbocycles. The molecule has 0 bridgehead atoms. The second kappa shape index (κ2) is 8.51. The third-order valence-electron chi connectivity index (χ3n) is 7.69. The van der Waals surface area contributed by atoms with Gasteiger partial charge in [0.15, 0.2) is 17.7 Å². The van der Waals surface area contributed by atoms with Gasteiger partial charge in [-0.15, -0.1) is 0 Å². The number of nitrogens with one attached hydrogen (secondary N) is 1. The molecule has 0 saturated heterocycles. The van der Waals surface area contributed by atoms with E-state index in [9.17, 15) is 9.90 Å². The van der Waals surface area contributed by atoms with E-state index in [0.717, 1.165) is 18.8 Å². The lowest BCUT2D eigenvalue weighted by atomic mass is 9.87. The number of aromatic nitrogens is 4. The molecule has 1 spiro atoms. The monoisotopic (exact) mass is 516 g/mol. The van der Waals surface area contributed by atoms with Crippen LogP contribution in [0.2, 0.25) is 0 Å². The van der Waals surface area contributed by atoms with Gasteiger partial charge in [-0.25, -0.2) is 14.3 Å². The summed E-state index contributed by atoms with van der Waals surface area (Å²) in [5.74, 6) is 0.910. The number of aliphatic hydroxyl groups excluding tert-OH is 1. The van der Waals surface area contributed by atoms with Gasteiger partial charge in [-0.2, -0.15) is 10.1 Å². The average molecular weight is 517 g/mol. The SMILES string of the molecule is CC(C)n1c(=O)c2cnc(Nc3ccc4c(c3)CN(C)CC43CC3)nc2n1C1=NN(C(C)(C)C)C(O)C=C1. The van der Waals surface area contributed by atoms with Gasteiger partial charge in [0, 0.05) is 36.4 Å². The van der Waals surface area contributed by atoms with E-state index >= 15 is 0 Å². The normalized spacial score (nSPS) is 20.8. The number of allylic oxidation sites excluding steroid dienone is 1. The molecule has 4 heterocycles. The Morgan fingerprint density at radius 2 is 1.97 bits per heavy atom. The summed E-state index contributed by atoms with van der Waals surface area (Å²) in [6.07, 6.45) is 6.63. The standard InChI is InChI=1S/C28H36N8O2/c1-17(2)34-25(38)20-14-29-26(30-19-7-8-21-18(13-19)15-33(6)16-28(21)11-12-28)31-24(20)35(34)22-9-10-23(37)36(32-22)27(3,4)5/h7-10,13-14,17,23,37H,11-12,15-16H2,1-6H3,(H,29,30,31). The largest absolute Gasteiger partial charge is 0.369 e. The molecule has 1 fully saturated rings. The Morgan fingerprint density at radius 1 is 1.21 bits per heavy atom. The summed E-state index contributed by atoms with van der Waals surface area (Å²) in [5, 5.41) is 20.7. The van der Waals surface area contributed by atoms with Crippen molar-refractivity contribution in [1.29, 1.82) is 0 Å². The molecule has 3 aromatic rings. The number of nitrogens with zero attached hydrogens (tertiary/aromatic N) is 7. The molecule has 2 aromatic heterocycles. The number of aliphatic hydroxyl groups is 1. The van der Waals surface area contributed by atoms with Crippen molar-refractivity contribution in [3.05, 3.63) is 58.0 Å². The number of hydrazone groups is 1. The van der Waals surface area contributed by atoms with Crippen molar-refractivity contribution in [3.8, 4) is 0 Å². The van der Waals surface area contributed by atoms with Crippen LogP contribution in [0.4, 0.5) is 11.6 Å². The van der Waals surface area contributed by atoms with E-state index in [2.05, 4.69) is 40.4 Å². The van der Waals surface area contributed by atoms with Crippen LogP contribution in [-0.4, -0.2) is 65.5 Å². The van der Waals surface area contributed by atoms with Gasteiger partial charge in [-0.05, 0) is 89.9 Å². The Kier molecular flexibility index (Phi) is 5.55. The van der Waals surface area contributed by atoms with E-state index in [0.29, 0.717) is 28.2 Å². The molecular weight excluding hydrogens is 480 g/mol. The summed E-state index contributed by atoms with van der Waals surface area (Å²) in [6.45, 7) is 11.9. The molecular formula is C28H36N8O2. The Morgan fingerprint density at radius 3 is 2.66 bits per heavy atom. The molecule has 6 rings (SSSR count). The average Bonchev–Trinajstić information content (AvgIpc) is 3.53. The first kappa shape index (κ1) is 24.8. The molecule has 2 aliphatic heterocycles. The lowest BCUT2D eigenvalue weighted by Crippen LogP contribution is -2.46. The van der Waals surface area contributed by atoms with Crippen LogP contribution >= 0.6 is 0 Å². The zero-order chi connectivity index (χ0) is 27.0. The fourth-order valence-corrected chi connectivity index (χ4v) is 5.84. The number of benzene rings is 1. The maximum absolute atomic E-state index is 13.4. The molecule has 1 aliphatic carbocycles. The highest BCUT2D eigenvalue weighted by atomic mass is 16.3. The predicted molar refractivity (Wildman–Crippen MR) is 149 cm³/mol. The first-order valence-electron chi connectivity index (χ1n) is 13.3. The molecule has 3 aliphatic rings. The van der Waals surface area contributed by atoms with E-state index in [4.69, 9.17) is 10.1 Å². The number of hydrogen-bond acceptors (Lipinski definition) is 8. The minimum atomic E-state index is -0.857. The van der Waals surface area contributed by atoms with Crippen LogP contribution < -0.4 is 10.9 Å². The van der Waals surface area contributed by atoms with Crippen LogP contribution in [0.1, 0.15) is 64.6 Å². The van der Waals surface area contributed by atoms with E-state index in [1.54, 1.807) is 32.7 Å². The van der Waals surface area contributed by atoms with Crippen LogP contribution in [0.25, 0.3) is 11.0 Å². The Bertz CT molecular complexity index is 1540. The molecule has 38 heavy (non-hydrogen) atoms. The Hall–Kier alpha value is -3.50. The number of fused-ring (bicyclic) bond motifs is 3. The molecule has 10 heteroatoms. The number of hydrogen-bond donors (Lipinski definition) is 2. The third-order valence-corrected chi connectivity index (χ3v) is 7.69. The highest BCUT2D eigenvalue weighted by Crippen LogP contribution is 2.52. The van der Waals surface area contributed by atoms with E-state index in [1.165, 1.54) is 24.0 Å². The fraction of sp³-hybridized carbons (Fsp3) is 0.500. The zero-order valence-electron chi connectivity index (χ0n) is 22.9. The molecule has 0 radical (unpaired) electrons. The van der Waals surface area contributed by atoms with Crippen molar-refractivity contribution >= 4 is 28.5 Å². The van der Waals surface area contributed by atoms with Crippen LogP contribution in [0.15, 0.2) is 46.4 Å². The highest BCUT2D eigenvalue weighted by Gasteiger charge is 2.48. The van der Waals surface area contributed by atoms with Crippen LogP contribution in [-0.2, 0) is 12.0 Å². The van der Waals surface area contributed by atoms with Gasteiger partial charge < -0.3 is 15.3 Å². The minimum Gasteiger partial charge on any atom is -0.369 e. The molecule has 200 valence electrons. The second-order valence-electron chi connectivity index (χ2n) is 12.2. The van der Waals surface area contributed by atoms with Crippen molar-refractivity contribution in [2.75, 3.05) is 18.9 Å². The van der Waals surface area contributed by atoms with Gasteiger partial charge in [-0.3, -0.25) is 9.80 Å². The maximum Gasteiger partial charge on any atom is 0.278 e. The summed E-state index contributed by atoms with van der Waals surface area (Å²) < 4.78 is 3.36. The van der Waals surface area contributed by atoms with Crippen molar-refractivity contribution < 1.29 is 5.11 Å². The predicted octanol–water partition coefficient (Wildman–Crippen LogP) is 3.54. The van der Waals surface area contributed by atoms with Gasteiger partial charge >= 0.3 is 0 Å². The lowest BCUT2D eigenvalue weighted by molar-refractivity contribution is -0.0203. The maximum atomic E-state index is 13.4. The Labute approximate surface area is 222 Å². The summed E-state index contributed by atoms with van der Waals surface area (Å²) in [7, 11) is 2.18. The summed E-state index contributed by atoms with van der Waals surface area (Å²) >= 11 is 0. The molecule has 1 unspecified atom stereocenters. The van der Waals surface area contributed by atoms with Gasteiger partial charge in [0.1, 0.15) is 5.39 Å². The number of anilines is 2. The highest BCUT2D eigenvalue weighted by molar-refractivity contribution is 6.00. The second-order valence-corrected chi connectivity index (χ2v) is 12.2. The molecule has 1 saturated carbocycles. The van der Waals surface area contributed by atoms with Crippen molar-refractivity contribution in [2.45, 2.75) is 77.2 Å². The summed E-state index contributed by atoms with van der Waals surface area (Å²) in [4.78, 5) is 25.1. The molecule has 2 N–H and O–H groups in total. The molecule has 1 atom stereocenters. The zero-order valence-corrected chi connectivity index (χ0v) is 22.9. The quantitative estimate of drug-likeness (QED) is 0.549. The van der Waals surface area contributed by atoms with Crippen molar-refractivity contribution in [1.82, 2.24) is 29.2 Å². The fourth-order valence-electron chi connectivity index (χ4n) is 5.84. The molecule has 0 amide bonds. The Balaban J connectivity index is 1.42. The van der Waals surface area contributed by atoms with Crippen molar-refractivity contribution in [3.63, 3.8) is 0 Å². The van der Waals surface area contributed by atoms with Gasteiger partial charge in [0.25, 0.3) is 5.56 Å². The number of rotatable bonds is 3. The summed E-state index contributed by atoms with van der Waals surface area (Å²) in [6, 6.07) is 6.39. The van der Waals surface area contributed by atoms with Crippen molar-refractivity contribution in [2.24, 2.45) is 5.10 Å². The first-order valence-corrected chi connectivity index (χ1v) is 13.3. The van der Waals surface area contributed by atoms with E-state index in [-0.39, 0.29) is 11.6 Å². The van der Waals surface area contributed by atoms with Gasteiger partial charge in [0.2, 0.25) is 5.95 Å². The minimum absolute atomic E-state index is 0.147. The smallest absolute Gasteiger partial charge is 0.278 e. The van der Waals surface area contributed by atoms with Gasteiger partial charge in [-0.1, -0.05) is 6.07 Å². The first-order chi connectivity index (χ1) is 18.0. The van der Waals surface area contributed by atoms with E-state index in [1.807, 2.05) is 34.6 Å². The van der Waals surface area contributed by atoms with E-state index < -0.39 is 11.8 Å². The number of likely N-dealkylation sites (N-methyl/N-ethyl adjacent to an activating group) is 1.